The van der Waals surface area contributed by atoms with Gasteiger partial charge in [-0.2, -0.15) is 0 Å². The number of aromatic hydroxyl groups is 1. The van der Waals surface area contributed by atoms with Crippen LogP contribution in [0.5, 0.6) is 5.75 Å². The van der Waals surface area contributed by atoms with Gasteiger partial charge < -0.3 is 5.11 Å². The zero-order chi connectivity index (χ0) is 11.8. The van der Waals surface area contributed by atoms with Crippen molar-refractivity contribution in [2.75, 3.05) is 0 Å². The van der Waals surface area contributed by atoms with Gasteiger partial charge in [-0.3, -0.25) is 4.40 Å². The lowest BCUT2D eigenvalue weighted by molar-refractivity contribution is 0.477. The van der Waals surface area contributed by atoms with Crippen LogP contribution in [0.1, 0.15) is 5.56 Å². The number of hydrogen-bond acceptors (Lipinski definition) is 2. The second kappa shape index (κ2) is 3.63. The van der Waals surface area contributed by atoms with Crippen molar-refractivity contribution >= 4 is 5.65 Å². The van der Waals surface area contributed by atoms with Gasteiger partial charge in [-0.25, -0.2) is 4.98 Å². The Morgan fingerprint density at radius 3 is 2.94 bits per heavy atom. The van der Waals surface area contributed by atoms with E-state index in [2.05, 4.69) is 4.98 Å². The Kier molecular flexibility index (Phi) is 2.11. The monoisotopic (exact) mass is 224 g/mol. The molecule has 2 aromatic heterocycles. The summed E-state index contributed by atoms with van der Waals surface area (Å²) < 4.78 is 1.97. The molecule has 84 valence electrons. The summed E-state index contributed by atoms with van der Waals surface area (Å²) in [6, 6.07) is 11.5. The van der Waals surface area contributed by atoms with Crippen LogP contribution in [-0.4, -0.2) is 14.5 Å². The number of rotatable bonds is 1. The van der Waals surface area contributed by atoms with Gasteiger partial charge in [-0.1, -0.05) is 17.7 Å². The fourth-order valence-corrected chi connectivity index (χ4v) is 2.02. The molecule has 0 fully saturated rings. The molecular formula is C14H12N2O. The number of imidazole rings is 1. The number of phenolic OH excluding ortho intramolecular Hbond substituents is 1. The van der Waals surface area contributed by atoms with E-state index in [1.54, 1.807) is 12.3 Å². The molecule has 17 heavy (non-hydrogen) atoms. The molecule has 0 atom stereocenters. The lowest BCUT2D eigenvalue weighted by Gasteiger charge is -2.08. The summed E-state index contributed by atoms with van der Waals surface area (Å²) in [6.45, 7) is 2.01. The van der Waals surface area contributed by atoms with E-state index in [0.717, 1.165) is 22.5 Å². The van der Waals surface area contributed by atoms with Crippen LogP contribution in [0.15, 0.2) is 48.8 Å². The van der Waals surface area contributed by atoms with E-state index in [0.29, 0.717) is 0 Å². The molecular weight excluding hydrogens is 212 g/mol. The minimum absolute atomic E-state index is 0.289. The van der Waals surface area contributed by atoms with E-state index in [-0.39, 0.29) is 5.75 Å². The van der Waals surface area contributed by atoms with Crippen LogP contribution in [-0.2, 0) is 0 Å². The zero-order valence-corrected chi connectivity index (χ0v) is 9.46. The Hall–Kier alpha value is -2.29. The number of aryl methyl sites for hydroxylation is 1. The molecule has 3 aromatic rings. The maximum Gasteiger partial charge on any atom is 0.137 e. The third kappa shape index (κ3) is 1.56. The fraction of sp³-hybridized carbons (Fsp3) is 0.0714. The first kappa shape index (κ1) is 9.90. The first-order valence-electron chi connectivity index (χ1n) is 5.48. The number of aromatic nitrogens is 2. The Labute approximate surface area is 99.0 Å². The maximum absolute atomic E-state index is 9.95. The van der Waals surface area contributed by atoms with Gasteiger partial charge in [0.1, 0.15) is 11.4 Å². The van der Waals surface area contributed by atoms with E-state index in [1.165, 1.54) is 0 Å². The largest absolute Gasteiger partial charge is 0.507 e. The molecule has 0 bridgehead atoms. The van der Waals surface area contributed by atoms with Crippen LogP contribution in [0, 0.1) is 6.92 Å². The second-order valence-electron chi connectivity index (χ2n) is 4.09. The van der Waals surface area contributed by atoms with Crippen LogP contribution >= 0.6 is 0 Å². The summed E-state index contributed by atoms with van der Waals surface area (Å²) in [5, 5.41) is 9.95. The summed E-state index contributed by atoms with van der Waals surface area (Å²) in [4.78, 5) is 4.24. The van der Waals surface area contributed by atoms with E-state index >= 15 is 0 Å². The van der Waals surface area contributed by atoms with Crippen molar-refractivity contribution in [2.45, 2.75) is 6.92 Å². The average Bonchev–Trinajstić information content (AvgIpc) is 2.80. The molecule has 0 radical (unpaired) electrons. The van der Waals surface area contributed by atoms with Gasteiger partial charge in [0, 0.05) is 18.0 Å². The minimum atomic E-state index is 0.289. The lowest BCUT2D eigenvalue weighted by atomic mass is 10.1. The Morgan fingerprint density at radius 1 is 1.18 bits per heavy atom. The summed E-state index contributed by atoms with van der Waals surface area (Å²) >= 11 is 0. The molecule has 0 amide bonds. The summed E-state index contributed by atoms with van der Waals surface area (Å²) in [6.07, 6.45) is 3.65. The highest BCUT2D eigenvalue weighted by Crippen LogP contribution is 2.30. The van der Waals surface area contributed by atoms with Crippen molar-refractivity contribution in [2.24, 2.45) is 0 Å². The predicted molar refractivity (Wildman–Crippen MR) is 67.0 cm³/mol. The molecule has 0 aliphatic rings. The molecule has 3 nitrogen and oxygen atoms in total. The smallest absolute Gasteiger partial charge is 0.137 e. The third-order valence-corrected chi connectivity index (χ3v) is 2.86. The molecule has 0 saturated carbocycles. The first-order chi connectivity index (χ1) is 8.25. The van der Waals surface area contributed by atoms with Crippen LogP contribution in [0.3, 0.4) is 0 Å². The number of pyridine rings is 1. The summed E-state index contributed by atoms with van der Waals surface area (Å²) in [5.41, 5.74) is 3.77. The Balaban J connectivity index is 2.34. The average molecular weight is 224 g/mol. The van der Waals surface area contributed by atoms with Crippen LogP contribution < -0.4 is 0 Å². The normalized spacial score (nSPS) is 10.9. The molecule has 0 aliphatic carbocycles. The highest BCUT2D eigenvalue weighted by Gasteiger charge is 2.08. The van der Waals surface area contributed by atoms with Crippen molar-refractivity contribution in [3.05, 3.63) is 54.4 Å². The molecule has 3 heteroatoms. The van der Waals surface area contributed by atoms with Gasteiger partial charge >= 0.3 is 0 Å². The van der Waals surface area contributed by atoms with Crippen LogP contribution in [0.4, 0.5) is 0 Å². The van der Waals surface area contributed by atoms with E-state index in [4.69, 9.17) is 0 Å². The van der Waals surface area contributed by atoms with Crippen molar-refractivity contribution < 1.29 is 5.11 Å². The van der Waals surface area contributed by atoms with Gasteiger partial charge in [0.2, 0.25) is 0 Å². The Morgan fingerprint density at radius 2 is 2.06 bits per heavy atom. The number of phenols is 1. The van der Waals surface area contributed by atoms with Crippen molar-refractivity contribution in [1.29, 1.82) is 0 Å². The van der Waals surface area contributed by atoms with Crippen LogP contribution in [0.2, 0.25) is 0 Å². The van der Waals surface area contributed by atoms with Gasteiger partial charge in [0.15, 0.2) is 0 Å². The van der Waals surface area contributed by atoms with Crippen molar-refractivity contribution in [1.82, 2.24) is 9.38 Å². The van der Waals surface area contributed by atoms with Gasteiger partial charge in [0.25, 0.3) is 0 Å². The lowest BCUT2D eigenvalue weighted by Crippen LogP contribution is -1.91. The van der Waals surface area contributed by atoms with E-state index < -0.39 is 0 Å². The summed E-state index contributed by atoms with van der Waals surface area (Å²) in [5.74, 6) is 0.289. The third-order valence-electron chi connectivity index (χ3n) is 2.86. The van der Waals surface area contributed by atoms with E-state index in [9.17, 15) is 5.11 Å². The minimum Gasteiger partial charge on any atom is -0.507 e. The molecule has 0 unspecified atom stereocenters. The highest BCUT2D eigenvalue weighted by molar-refractivity contribution is 5.70. The zero-order valence-electron chi connectivity index (χ0n) is 9.46. The Bertz CT molecular complexity index is 686. The highest BCUT2D eigenvalue weighted by atomic mass is 16.3. The van der Waals surface area contributed by atoms with Crippen molar-refractivity contribution in [3.63, 3.8) is 0 Å². The predicted octanol–water partition coefficient (Wildman–Crippen LogP) is 3.02. The van der Waals surface area contributed by atoms with Gasteiger partial charge in [-0.05, 0) is 31.2 Å². The van der Waals surface area contributed by atoms with Gasteiger partial charge in [0.05, 0.1) is 5.69 Å². The number of nitrogens with zero attached hydrogens (tertiary/aromatic N) is 2. The van der Waals surface area contributed by atoms with Crippen LogP contribution in [0.25, 0.3) is 16.9 Å². The first-order valence-corrected chi connectivity index (χ1v) is 5.48. The topological polar surface area (TPSA) is 37.5 Å². The number of fused-ring (bicyclic) bond motifs is 1. The van der Waals surface area contributed by atoms with E-state index in [1.807, 2.05) is 47.9 Å². The molecule has 3 rings (SSSR count). The van der Waals surface area contributed by atoms with Gasteiger partial charge in [-0.15, -0.1) is 0 Å². The molecule has 1 N–H and O–H groups in total. The maximum atomic E-state index is 9.95. The molecule has 1 aromatic carbocycles. The number of hydrogen-bond donors (Lipinski definition) is 1. The summed E-state index contributed by atoms with van der Waals surface area (Å²) in [7, 11) is 0. The molecule has 0 aliphatic heterocycles. The standard InChI is InChI=1S/C14H12N2O/c1-10-5-6-13(17)11(9-10)12-3-2-4-14-15-7-8-16(12)14/h2-9,17H,1H3. The SMILES string of the molecule is Cc1ccc(O)c(-c2cccc3nccn23)c1. The van der Waals surface area contributed by atoms with Crippen molar-refractivity contribution in [3.8, 4) is 17.0 Å². The molecule has 2 heterocycles. The fourth-order valence-electron chi connectivity index (χ4n) is 2.02. The number of benzene rings is 1. The quantitative estimate of drug-likeness (QED) is 0.690. The second-order valence-corrected chi connectivity index (χ2v) is 4.09. The molecule has 0 spiro atoms. The molecule has 0 saturated heterocycles.